The van der Waals surface area contributed by atoms with Crippen molar-refractivity contribution in [2.75, 3.05) is 0 Å². The van der Waals surface area contributed by atoms with E-state index in [0.29, 0.717) is 5.69 Å². The molecule has 0 aliphatic carbocycles. The van der Waals surface area contributed by atoms with E-state index < -0.39 is 0 Å². The Morgan fingerprint density at radius 1 is 0.818 bits per heavy atom. The Kier molecular flexibility index (Phi) is 4.47. The van der Waals surface area contributed by atoms with E-state index in [1.807, 2.05) is 72.8 Å². The molecular formula is C18H13N3S. The molecule has 1 heterocycles. The van der Waals surface area contributed by atoms with Crippen LogP contribution in [0.5, 0.6) is 0 Å². The Labute approximate surface area is 133 Å². The average Bonchev–Trinajstić information content (AvgIpc) is 2.59. The van der Waals surface area contributed by atoms with Crippen LogP contribution in [0.2, 0.25) is 0 Å². The summed E-state index contributed by atoms with van der Waals surface area (Å²) in [5, 5.41) is 18.7. The van der Waals surface area contributed by atoms with E-state index in [2.05, 4.69) is 16.3 Å². The van der Waals surface area contributed by atoms with Gasteiger partial charge in [0.1, 0.15) is 10.9 Å². The predicted molar refractivity (Wildman–Crippen MR) is 86.5 cm³/mol. The summed E-state index contributed by atoms with van der Waals surface area (Å²) >= 11 is 1.55. The van der Waals surface area contributed by atoms with E-state index in [4.69, 9.17) is 0 Å². The van der Waals surface area contributed by atoms with E-state index in [-0.39, 0.29) is 5.92 Å². The first-order valence-electron chi connectivity index (χ1n) is 6.88. The Morgan fingerprint density at radius 3 is 2.09 bits per heavy atom. The highest BCUT2D eigenvalue weighted by atomic mass is 32.2. The Morgan fingerprint density at radius 2 is 1.50 bits per heavy atom. The molecule has 3 nitrogen and oxygen atoms in total. The molecule has 0 radical (unpaired) electrons. The number of nitrogens with zero attached hydrogens (tertiary/aromatic N) is 3. The zero-order valence-electron chi connectivity index (χ0n) is 11.8. The smallest absolute Gasteiger partial charge is 0.124 e. The van der Waals surface area contributed by atoms with Crippen molar-refractivity contribution in [2.24, 2.45) is 0 Å². The number of aromatic nitrogens is 2. The number of hydrogen-bond donors (Lipinski definition) is 0. The first kappa shape index (κ1) is 14.3. The van der Waals surface area contributed by atoms with Crippen LogP contribution in [0.1, 0.15) is 17.2 Å². The van der Waals surface area contributed by atoms with Gasteiger partial charge in [0.2, 0.25) is 0 Å². The van der Waals surface area contributed by atoms with Crippen LogP contribution in [0.3, 0.4) is 0 Å². The molecule has 0 saturated heterocycles. The van der Waals surface area contributed by atoms with Crippen LogP contribution < -0.4 is 0 Å². The average molecular weight is 303 g/mol. The molecule has 0 saturated carbocycles. The molecule has 0 spiro atoms. The van der Waals surface area contributed by atoms with Crippen molar-refractivity contribution in [3.05, 3.63) is 84.1 Å². The minimum absolute atomic E-state index is 0.385. The summed E-state index contributed by atoms with van der Waals surface area (Å²) in [6.07, 6.45) is 0. The quantitative estimate of drug-likeness (QED) is 0.721. The number of nitriles is 1. The van der Waals surface area contributed by atoms with Crippen LogP contribution in [0.4, 0.5) is 0 Å². The van der Waals surface area contributed by atoms with Crippen LogP contribution in [0.25, 0.3) is 0 Å². The van der Waals surface area contributed by atoms with E-state index in [9.17, 15) is 5.26 Å². The lowest BCUT2D eigenvalue weighted by Gasteiger charge is -2.08. The van der Waals surface area contributed by atoms with E-state index >= 15 is 0 Å². The lowest BCUT2D eigenvalue weighted by molar-refractivity contribution is 0.837. The first-order chi connectivity index (χ1) is 10.9. The summed E-state index contributed by atoms with van der Waals surface area (Å²) in [6.45, 7) is 0. The molecule has 3 rings (SSSR count). The third kappa shape index (κ3) is 3.33. The Bertz CT molecular complexity index is 765. The molecule has 3 aromatic rings. The zero-order valence-corrected chi connectivity index (χ0v) is 12.6. The SMILES string of the molecule is N#C[C@H](c1ccccc1)c1ccc(Sc2ccccc2)nn1. The van der Waals surface area contributed by atoms with Gasteiger partial charge in [0, 0.05) is 4.90 Å². The van der Waals surface area contributed by atoms with Crippen molar-refractivity contribution in [3.63, 3.8) is 0 Å². The van der Waals surface area contributed by atoms with Gasteiger partial charge in [-0.05, 0) is 29.8 Å². The largest absolute Gasteiger partial charge is 0.197 e. The second kappa shape index (κ2) is 6.88. The van der Waals surface area contributed by atoms with Crippen LogP contribution in [-0.4, -0.2) is 10.2 Å². The molecule has 0 unspecified atom stereocenters. The number of hydrogen-bond acceptors (Lipinski definition) is 4. The van der Waals surface area contributed by atoms with Gasteiger partial charge in [-0.3, -0.25) is 0 Å². The van der Waals surface area contributed by atoms with E-state index in [1.54, 1.807) is 11.8 Å². The monoisotopic (exact) mass is 303 g/mol. The summed E-state index contributed by atoms with van der Waals surface area (Å²) in [5.74, 6) is -0.385. The molecule has 1 aromatic heterocycles. The normalized spacial score (nSPS) is 11.6. The van der Waals surface area contributed by atoms with Crippen molar-refractivity contribution in [3.8, 4) is 6.07 Å². The molecule has 2 aromatic carbocycles. The lowest BCUT2D eigenvalue weighted by Crippen LogP contribution is -2.02. The summed E-state index contributed by atoms with van der Waals surface area (Å²) < 4.78 is 0. The first-order valence-corrected chi connectivity index (χ1v) is 7.69. The van der Waals surface area contributed by atoms with E-state index in [1.165, 1.54) is 0 Å². The van der Waals surface area contributed by atoms with Crippen LogP contribution in [0.15, 0.2) is 82.7 Å². The molecule has 0 aliphatic rings. The van der Waals surface area contributed by atoms with Crippen LogP contribution in [-0.2, 0) is 0 Å². The van der Waals surface area contributed by atoms with Gasteiger partial charge in [-0.1, -0.05) is 60.3 Å². The summed E-state index contributed by atoms with van der Waals surface area (Å²) in [7, 11) is 0. The number of rotatable bonds is 4. The third-order valence-electron chi connectivity index (χ3n) is 3.18. The molecule has 1 atom stereocenters. The van der Waals surface area contributed by atoms with E-state index in [0.717, 1.165) is 15.5 Å². The minimum Gasteiger partial charge on any atom is -0.197 e. The Hall–Kier alpha value is -2.64. The molecule has 0 amide bonds. The van der Waals surface area contributed by atoms with Crippen molar-refractivity contribution >= 4 is 11.8 Å². The fraction of sp³-hybridized carbons (Fsp3) is 0.0556. The fourth-order valence-corrected chi connectivity index (χ4v) is 2.86. The topological polar surface area (TPSA) is 49.6 Å². The highest BCUT2D eigenvalue weighted by molar-refractivity contribution is 7.99. The summed E-state index contributed by atoms with van der Waals surface area (Å²) in [5.41, 5.74) is 1.61. The maximum atomic E-state index is 9.41. The molecule has 0 fully saturated rings. The molecule has 0 bridgehead atoms. The second-order valence-corrected chi connectivity index (χ2v) is 5.78. The molecule has 4 heteroatoms. The van der Waals surface area contributed by atoms with Gasteiger partial charge >= 0.3 is 0 Å². The lowest BCUT2D eigenvalue weighted by atomic mass is 9.97. The van der Waals surface area contributed by atoms with Crippen LogP contribution >= 0.6 is 11.8 Å². The van der Waals surface area contributed by atoms with Crippen molar-refractivity contribution < 1.29 is 0 Å². The molecule has 106 valence electrons. The predicted octanol–water partition coefficient (Wildman–Crippen LogP) is 4.28. The fourth-order valence-electron chi connectivity index (χ4n) is 2.10. The minimum atomic E-state index is -0.385. The Balaban J connectivity index is 1.80. The highest BCUT2D eigenvalue weighted by Gasteiger charge is 2.15. The van der Waals surface area contributed by atoms with Crippen molar-refractivity contribution in [1.29, 1.82) is 5.26 Å². The zero-order chi connectivity index (χ0) is 15.2. The maximum Gasteiger partial charge on any atom is 0.124 e. The van der Waals surface area contributed by atoms with Crippen molar-refractivity contribution in [1.82, 2.24) is 10.2 Å². The van der Waals surface area contributed by atoms with Gasteiger partial charge < -0.3 is 0 Å². The molecule has 0 aliphatic heterocycles. The third-order valence-corrected chi connectivity index (χ3v) is 4.12. The van der Waals surface area contributed by atoms with Crippen molar-refractivity contribution in [2.45, 2.75) is 15.8 Å². The van der Waals surface area contributed by atoms with Gasteiger partial charge in [0.15, 0.2) is 0 Å². The highest BCUT2D eigenvalue weighted by Crippen LogP contribution is 2.27. The van der Waals surface area contributed by atoms with Gasteiger partial charge in [-0.15, -0.1) is 5.10 Å². The maximum absolute atomic E-state index is 9.41. The molecule has 0 N–H and O–H groups in total. The second-order valence-electron chi connectivity index (χ2n) is 4.68. The van der Waals surface area contributed by atoms with Crippen LogP contribution in [0, 0.1) is 11.3 Å². The molecular weight excluding hydrogens is 290 g/mol. The van der Waals surface area contributed by atoms with Gasteiger partial charge in [-0.25, -0.2) is 0 Å². The number of benzene rings is 2. The van der Waals surface area contributed by atoms with Gasteiger partial charge in [0.05, 0.1) is 11.8 Å². The molecule has 22 heavy (non-hydrogen) atoms. The summed E-state index contributed by atoms with van der Waals surface area (Å²) in [4.78, 5) is 1.12. The standard InChI is InChI=1S/C18H13N3S/c19-13-16(14-7-3-1-4-8-14)17-11-12-18(21-20-17)22-15-9-5-2-6-10-15/h1-12,16H/t16-/m1/s1. The summed E-state index contributed by atoms with van der Waals surface area (Å²) in [6, 6.07) is 25.7. The van der Waals surface area contributed by atoms with Gasteiger partial charge in [0.25, 0.3) is 0 Å². The van der Waals surface area contributed by atoms with Gasteiger partial charge in [-0.2, -0.15) is 10.4 Å².